The lowest BCUT2D eigenvalue weighted by Crippen LogP contribution is -2.28. The van der Waals surface area contributed by atoms with E-state index in [1.807, 2.05) is 11.6 Å². The number of alkyl halides is 3. The number of amides is 1. The number of ether oxygens (including phenoxy) is 2. The largest absolute Gasteiger partial charge is 0.401 e. The predicted molar refractivity (Wildman–Crippen MR) is 146 cm³/mol. The average molecular weight is 603 g/mol. The molecule has 14 heteroatoms. The summed E-state index contributed by atoms with van der Waals surface area (Å²) < 4.78 is 71.9. The van der Waals surface area contributed by atoms with E-state index in [2.05, 4.69) is 25.5 Å². The molecule has 0 saturated heterocycles. The Labute approximate surface area is 244 Å². The molecule has 0 bridgehead atoms. The van der Waals surface area contributed by atoms with Crippen molar-refractivity contribution in [1.29, 1.82) is 0 Å². The smallest absolute Gasteiger partial charge is 0.382 e. The fourth-order valence-corrected chi connectivity index (χ4v) is 4.63. The molecule has 4 aromatic rings. The molecule has 0 unspecified atom stereocenters. The zero-order chi connectivity index (χ0) is 30.6. The number of benzene rings is 1. The Bertz CT molecular complexity index is 1560. The predicted octanol–water partition coefficient (Wildman–Crippen LogP) is 4.80. The molecule has 0 aliphatic heterocycles. The van der Waals surface area contributed by atoms with E-state index in [0.717, 1.165) is 17.3 Å². The quantitative estimate of drug-likeness (QED) is 0.171. The van der Waals surface area contributed by atoms with Gasteiger partial charge in [0.25, 0.3) is 0 Å². The number of nitrogens with one attached hydrogen (secondary N) is 1. The number of rotatable bonds is 13. The molecule has 1 amide bonds. The van der Waals surface area contributed by atoms with Gasteiger partial charge in [-0.25, -0.2) is 14.4 Å². The number of halogens is 4. The molecule has 0 atom stereocenters. The van der Waals surface area contributed by atoms with E-state index in [4.69, 9.17) is 14.0 Å². The summed E-state index contributed by atoms with van der Waals surface area (Å²) in [4.78, 5) is 21.3. The average Bonchev–Trinajstić information content (AvgIpc) is 3.57. The minimum atomic E-state index is -4.46. The highest BCUT2D eigenvalue weighted by Crippen LogP contribution is 2.59. The van der Waals surface area contributed by atoms with Crippen LogP contribution in [0.15, 0.2) is 47.4 Å². The number of hydrogen-bond acceptors (Lipinski definition) is 8. The number of anilines is 1. The summed E-state index contributed by atoms with van der Waals surface area (Å²) in [6.07, 6.45) is 0.451. The van der Waals surface area contributed by atoms with Crippen LogP contribution in [0.4, 0.5) is 23.4 Å². The van der Waals surface area contributed by atoms with Crippen molar-refractivity contribution in [2.45, 2.75) is 50.7 Å². The molecule has 3 heterocycles. The van der Waals surface area contributed by atoms with Gasteiger partial charge >= 0.3 is 6.18 Å². The number of methoxy groups -OCH3 is 1. The number of hydrogen-bond donors (Lipinski definition) is 1. The number of carbonyl (C=O) groups excluding carboxylic acids is 1. The van der Waals surface area contributed by atoms with Gasteiger partial charge in [0.05, 0.1) is 39.0 Å². The second-order valence-electron chi connectivity index (χ2n) is 10.3. The molecule has 1 aliphatic rings. The zero-order valence-corrected chi connectivity index (χ0v) is 23.6. The number of aromatic nitrogens is 5. The van der Waals surface area contributed by atoms with Crippen molar-refractivity contribution in [3.05, 3.63) is 77.1 Å². The maximum absolute atomic E-state index is 14.9. The highest BCUT2D eigenvalue weighted by Gasteiger charge is 2.66. The van der Waals surface area contributed by atoms with Gasteiger partial charge in [-0.05, 0) is 37.0 Å². The van der Waals surface area contributed by atoms with Crippen LogP contribution in [0.3, 0.4) is 0 Å². The van der Waals surface area contributed by atoms with Crippen molar-refractivity contribution in [2.24, 2.45) is 0 Å². The third kappa shape index (κ3) is 6.91. The molecule has 1 N–H and O–H groups in total. The molecular weight excluding hydrogens is 572 g/mol. The van der Waals surface area contributed by atoms with Gasteiger partial charge in [0.1, 0.15) is 17.1 Å². The van der Waals surface area contributed by atoms with E-state index < -0.39 is 23.3 Å². The second kappa shape index (κ2) is 12.6. The summed E-state index contributed by atoms with van der Waals surface area (Å²) in [5, 5.41) is 10.3. The number of carbonyl (C=O) groups is 1. The van der Waals surface area contributed by atoms with Crippen LogP contribution in [0.5, 0.6) is 0 Å². The van der Waals surface area contributed by atoms with Crippen LogP contribution in [0.2, 0.25) is 0 Å². The van der Waals surface area contributed by atoms with Crippen LogP contribution < -0.4 is 5.32 Å². The first-order valence-corrected chi connectivity index (χ1v) is 13.6. The molecular formula is C29H30F4N6O4. The fourth-order valence-electron chi connectivity index (χ4n) is 4.63. The van der Waals surface area contributed by atoms with E-state index >= 15 is 0 Å². The van der Waals surface area contributed by atoms with Crippen molar-refractivity contribution in [3.63, 3.8) is 0 Å². The Morgan fingerprint density at radius 2 is 1.84 bits per heavy atom. The topological polar surface area (TPSA) is 117 Å². The summed E-state index contributed by atoms with van der Waals surface area (Å²) in [7, 11) is 1.62. The third-order valence-electron chi connectivity index (χ3n) is 7.42. The van der Waals surface area contributed by atoms with Crippen LogP contribution in [0.25, 0.3) is 11.1 Å². The van der Waals surface area contributed by atoms with E-state index in [0.29, 0.717) is 49.7 Å². The van der Waals surface area contributed by atoms with E-state index in [9.17, 15) is 22.4 Å². The molecule has 228 valence electrons. The first-order valence-electron chi connectivity index (χ1n) is 13.6. The van der Waals surface area contributed by atoms with Gasteiger partial charge in [0.2, 0.25) is 5.91 Å². The van der Waals surface area contributed by atoms with Crippen LogP contribution >= 0.6 is 0 Å². The molecule has 3 aromatic heterocycles. The molecule has 1 saturated carbocycles. The van der Waals surface area contributed by atoms with Gasteiger partial charge in [-0.1, -0.05) is 17.3 Å². The summed E-state index contributed by atoms with van der Waals surface area (Å²) in [6.45, 7) is 4.16. The fraction of sp³-hybridized carbons (Fsp3) is 0.414. The van der Waals surface area contributed by atoms with Gasteiger partial charge in [-0.2, -0.15) is 18.3 Å². The van der Waals surface area contributed by atoms with Crippen LogP contribution in [0, 0.1) is 12.7 Å². The zero-order valence-electron chi connectivity index (χ0n) is 23.6. The first-order chi connectivity index (χ1) is 20.6. The second-order valence-corrected chi connectivity index (χ2v) is 10.3. The van der Waals surface area contributed by atoms with Crippen molar-refractivity contribution in [2.75, 3.05) is 32.2 Å². The number of nitrogens with zero attached hydrogens (tertiary/aromatic N) is 5. The summed E-state index contributed by atoms with van der Waals surface area (Å²) >= 11 is 0. The standard InChI is InChI=1S/C29H30F4N6O4/c1-18-21(17-36-39(18)7-8-42-10-9-41-2)12-25-34-15-22(16-35-25)19-3-4-20(23(30)11-19)13-27(40)37-26-14-24(43-38-26)28(5-6-28)29(31,32)33/h3-4,11,14-17H,5-10,12-13H2,1-2H3,(H,37,38,40). The normalized spacial score (nSPS) is 14.2. The summed E-state index contributed by atoms with van der Waals surface area (Å²) in [6, 6.07) is 5.45. The van der Waals surface area contributed by atoms with E-state index in [-0.39, 0.29) is 36.4 Å². The van der Waals surface area contributed by atoms with Crippen molar-refractivity contribution < 1.29 is 36.4 Å². The first kappa shape index (κ1) is 30.3. The Morgan fingerprint density at radius 3 is 2.51 bits per heavy atom. The molecule has 1 fully saturated rings. The Morgan fingerprint density at radius 1 is 1.07 bits per heavy atom. The molecule has 0 radical (unpaired) electrons. The van der Waals surface area contributed by atoms with E-state index in [1.54, 1.807) is 31.8 Å². The van der Waals surface area contributed by atoms with Crippen LogP contribution in [-0.2, 0) is 39.1 Å². The lowest BCUT2D eigenvalue weighted by atomic mass is 10.0. The molecule has 0 spiro atoms. The molecule has 5 rings (SSSR count). The van der Waals surface area contributed by atoms with Gasteiger partial charge in [0.15, 0.2) is 11.6 Å². The lowest BCUT2D eigenvalue weighted by Gasteiger charge is -2.14. The monoisotopic (exact) mass is 602 g/mol. The van der Waals surface area contributed by atoms with Gasteiger partial charge in [0, 0.05) is 48.8 Å². The SMILES string of the molecule is COCCOCCn1ncc(Cc2ncc(-c3ccc(CC(=O)Nc4cc(C5(C(F)(F)F)CC5)on4)c(F)c3)cn2)c1C. The third-order valence-corrected chi connectivity index (χ3v) is 7.42. The maximum atomic E-state index is 14.9. The van der Waals surface area contributed by atoms with Gasteiger partial charge < -0.3 is 19.3 Å². The van der Waals surface area contributed by atoms with Crippen molar-refractivity contribution in [3.8, 4) is 11.1 Å². The lowest BCUT2D eigenvalue weighted by molar-refractivity contribution is -0.165. The van der Waals surface area contributed by atoms with Crippen LogP contribution in [-0.4, -0.2) is 63.9 Å². The Hall–Kier alpha value is -4.17. The highest BCUT2D eigenvalue weighted by atomic mass is 19.4. The van der Waals surface area contributed by atoms with Gasteiger partial charge in [-0.15, -0.1) is 0 Å². The maximum Gasteiger partial charge on any atom is 0.401 e. The summed E-state index contributed by atoms with van der Waals surface area (Å²) in [5.74, 6) is -1.19. The Balaban J connectivity index is 1.16. The van der Waals surface area contributed by atoms with Crippen LogP contribution in [0.1, 0.15) is 41.2 Å². The molecule has 43 heavy (non-hydrogen) atoms. The summed E-state index contributed by atoms with van der Waals surface area (Å²) in [5.41, 5.74) is 1.14. The minimum absolute atomic E-state index is 0.0950. The van der Waals surface area contributed by atoms with E-state index in [1.165, 1.54) is 12.1 Å². The Kier molecular flexibility index (Phi) is 8.87. The minimum Gasteiger partial charge on any atom is -0.382 e. The highest BCUT2D eigenvalue weighted by molar-refractivity contribution is 5.91. The van der Waals surface area contributed by atoms with Gasteiger partial charge in [-0.3, -0.25) is 9.48 Å². The van der Waals surface area contributed by atoms with Crippen molar-refractivity contribution >= 4 is 11.7 Å². The molecule has 1 aromatic carbocycles. The molecule has 1 aliphatic carbocycles. The van der Waals surface area contributed by atoms with Crippen molar-refractivity contribution in [1.82, 2.24) is 24.9 Å². The molecule has 10 nitrogen and oxygen atoms in total.